The van der Waals surface area contributed by atoms with E-state index in [-0.39, 0.29) is 17.9 Å². The number of pyridine rings is 1. The van der Waals surface area contributed by atoms with Crippen molar-refractivity contribution in [3.05, 3.63) is 100 Å². The topological polar surface area (TPSA) is 60.5 Å². The molecule has 3 atom stereocenters. The van der Waals surface area contributed by atoms with Crippen molar-refractivity contribution in [1.29, 1.82) is 0 Å². The average molecular weight is 468 g/mol. The maximum Gasteiger partial charge on any atom is 0.274 e. The smallest absolute Gasteiger partial charge is 0.274 e. The molecule has 2 N–H and O–H groups in total. The molecule has 6 nitrogen and oxygen atoms in total. The molecular weight excluding hydrogens is 436 g/mol. The Hall–Kier alpha value is -3.64. The summed E-state index contributed by atoms with van der Waals surface area (Å²) < 4.78 is 4.14. The number of hydrogen-bond donors (Lipinski definition) is 2. The average Bonchev–Trinajstić information content (AvgIpc) is 3.17. The predicted molar refractivity (Wildman–Crippen MR) is 138 cm³/mol. The summed E-state index contributed by atoms with van der Waals surface area (Å²) in [4.78, 5) is 27.4. The van der Waals surface area contributed by atoms with Crippen molar-refractivity contribution in [2.45, 2.75) is 31.8 Å². The van der Waals surface area contributed by atoms with Gasteiger partial charge in [0.1, 0.15) is 12.2 Å². The molecule has 0 saturated carbocycles. The monoisotopic (exact) mass is 467 g/mol. The molecule has 0 radical (unpaired) electrons. The number of likely N-dealkylation sites (tertiary alicyclic amines) is 1. The largest absolute Gasteiger partial charge is 0.350 e. The fourth-order valence-electron chi connectivity index (χ4n) is 6.22. The summed E-state index contributed by atoms with van der Waals surface area (Å²) in [5, 5.41) is 4.19. The lowest BCUT2D eigenvalue weighted by Crippen LogP contribution is -3.13. The Morgan fingerprint density at radius 2 is 1.83 bits per heavy atom. The zero-order valence-electron chi connectivity index (χ0n) is 20.0. The van der Waals surface area contributed by atoms with Crippen LogP contribution in [0.5, 0.6) is 0 Å². The van der Waals surface area contributed by atoms with Gasteiger partial charge in [0, 0.05) is 53.8 Å². The molecule has 2 aliphatic rings. The molecule has 2 aromatic carbocycles. The number of aromatic nitrogens is 2. The van der Waals surface area contributed by atoms with Crippen LogP contribution in [0.1, 0.15) is 29.2 Å². The molecule has 1 fully saturated rings. The molecule has 1 amide bonds. The van der Waals surface area contributed by atoms with Crippen LogP contribution in [0.2, 0.25) is 0 Å². The summed E-state index contributed by atoms with van der Waals surface area (Å²) in [5.74, 6) is 0.684. The van der Waals surface area contributed by atoms with Crippen LogP contribution in [0.4, 0.5) is 5.69 Å². The number of piperidine rings is 1. The zero-order chi connectivity index (χ0) is 23.9. The van der Waals surface area contributed by atoms with E-state index < -0.39 is 0 Å². The third-order valence-electron chi connectivity index (χ3n) is 7.70. The van der Waals surface area contributed by atoms with Gasteiger partial charge < -0.3 is 19.4 Å². The van der Waals surface area contributed by atoms with Gasteiger partial charge in [-0.1, -0.05) is 48.5 Å². The van der Waals surface area contributed by atoms with E-state index in [2.05, 4.69) is 53.5 Å². The minimum absolute atomic E-state index is 0.0730. The Kier molecular flexibility index (Phi) is 5.53. The first-order chi connectivity index (χ1) is 17.0. The molecule has 178 valence electrons. The van der Waals surface area contributed by atoms with E-state index in [1.54, 1.807) is 11.0 Å². The Morgan fingerprint density at radius 1 is 1.03 bits per heavy atom. The van der Waals surface area contributed by atoms with E-state index in [0.29, 0.717) is 17.5 Å². The summed E-state index contributed by atoms with van der Waals surface area (Å²) >= 11 is 0. The number of carbonyl (C=O) groups is 1. The Balaban J connectivity index is 1.19. The molecule has 35 heavy (non-hydrogen) atoms. The van der Waals surface area contributed by atoms with Gasteiger partial charge in [0.15, 0.2) is 0 Å². The third kappa shape index (κ3) is 4.19. The van der Waals surface area contributed by atoms with E-state index in [1.165, 1.54) is 16.5 Å². The van der Waals surface area contributed by atoms with Gasteiger partial charge in [-0.2, -0.15) is 0 Å². The van der Waals surface area contributed by atoms with Crippen molar-refractivity contribution in [1.82, 2.24) is 9.13 Å². The second-order valence-electron chi connectivity index (χ2n) is 10.2. The van der Waals surface area contributed by atoms with E-state index in [1.807, 2.05) is 34.9 Å². The second-order valence-corrected chi connectivity index (χ2v) is 10.2. The van der Waals surface area contributed by atoms with Crippen molar-refractivity contribution in [2.24, 2.45) is 13.0 Å². The molecule has 1 saturated heterocycles. The van der Waals surface area contributed by atoms with Gasteiger partial charge in [0.05, 0.1) is 19.5 Å². The van der Waals surface area contributed by atoms with Crippen molar-refractivity contribution in [3.8, 4) is 0 Å². The van der Waals surface area contributed by atoms with Crippen LogP contribution in [0.3, 0.4) is 0 Å². The number of anilines is 1. The fraction of sp³-hybridized carbons (Fsp3) is 0.310. The number of aryl methyl sites for hydroxylation is 1. The molecular formula is C29H31N4O2+. The highest BCUT2D eigenvalue weighted by Crippen LogP contribution is 2.31. The SMILES string of the molecule is Cn1cc(C[NH+]2C[C@@H]3C[C@H](C2)c2ccc(NC(=O)Cc4ccccc4)c(=O)n2C3)c2ccccc21. The number of carbonyl (C=O) groups excluding carboxylic acids is 1. The molecule has 1 unspecified atom stereocenters. The molecule has 2 aromatic heterocycles. The molecule has 6 rings (SSSR count). The number of fused-ring (bicyclic) bond motifs is 5. The van der Waals surface area contributed by atoms with Crippen LogP contribution >= 0.6 is 0 Å². The predicted octanol–water partition coefficient (Wildman–Crippen LogP) is 2.72. The highest BCUT2D eigenvalue weighted by atomic mass is 16.2. The van der Waals surface area contributed by atoms with E-state index >= 15 is 0 Å². The minimum Gasteiger partial charge on any atom is -0.350 e. The highest BCUT2D eigenvalue weighted by Gasteiger charge is 2.37. The summed E-state index contributed by atoms with van der Waals surface area (Å²) in [6.07, 6.45) is 3.67. The summed E-state index contributed by atoms with van der Waals surface area (Å²) in [6.45, 7) is 3.83. The van der Waals surface area contributed by atoms with Crippen molar-refractivity contribution >= 4 is 22.5 Å². The molecule has 4 heterocycles. The quantitative estimate of drug-likeness (QED) is 0.474. The maximum absolute atomic E-state index is 13.3. The standard InChI is InChI=1S/C29H30N4O2/c1-31-17-23(24-9-5-6-10-27(24)31)19-32-15-21-13-22(18-32)26-12-11-25(29(35)33(26)16-21)30-28(34)14-20-7-3-2-4-8-20/h2-12,17,21-22H,13-16,18-19H2,1H3,(H,30,34)/p+1/t21-,22+/m0/s1. The molecule has 2 bridgehead atoms. The van der Waals surface area contributed by atoms with Gasteiger partial charge in [0.25, 0.3) is 5.56 Å². The van der Waals surface area contributed by atoms with Crippen LogP contribution in [0.25, 0.3) is 10.9 Å². The highest BCUT2D eigenvalue weighted by molar-refractivity contribution is 5.92. The number of rotatable bonds is 5. The first-order valence-corrected chi connectivity index (χ1v) is 12.5. The lowest BCUT2D eigenvalue weighted by molar-refractivity contribution is -0.924. The van der Waals surface area contributed by atoms with Gasteiger partial charge >= 0.3 is 0 Å². The fourth-order valence-corrected chi connectivity index (χ4v) is 6.22. The van der Waals surface area contributed by atoms with Gasteiger partial charge in [-0.3, -0.25) is 9.59 Å². The third-order valence-corrected chi connectivity index (χ3v) is 7.70. The molecule has 4 aromatic rings. The Bertz CT molecular complexity index is 1450. The number of amides is 1. The number of nitrogens with zero attached hydrogens (tertiary/aromatic N) is 2. The van der Waals surface area contributed by atoms with E-state index in [4.69, 9.17) is 0 Å². The van der Waals surface area contributed by atoms with E-state index in [9.17, 15) is 9.59 Å². The van der Waals surface area contributed by atoms with Crippen LogP contribution in [0, 0.1) is 5.92 Å². The van der Waals surface area contributed by atoms with Crippen molar-refractivity contribution < 1.29 is 9.69 Å². The Labute approximate surface area is 204 Å². The van der Waals surface area contributed by atoms with Gasteiger partial charge in [-0.15, -0.1) is 0 Å². The summed E-state index contributed by atoms with van der Waals surface area (Å²) in [7, 11) is 2.12. The second kappa shape index (κ2) is 8.86. The van der Waals surface area contributed by atoms with Gasteiger partial charge in [0.2, 0.25) is 5.91 Å². The number of quaternary nitrogens is 1. The molecule has 0 aliphatic carbocycles. The Morgan fingerprint density at radius 3 is 2.69 bits per heavy atom. The number of nitrogens with one attached hydrogen (secondary N) is 2. The first-order valence-electron chi connectivity index (χ1n) is 12.5. The zero-order valence-corrected chi connectivity index (χ0v) is 20.0. The lowest BCUT2D eigenvalue weighted by atomic mass is 9.83. The van der Waals surface area contributed by atoms with Gasteiger partial charge in [-0.05, 0) is 30.2 Å². The maximum atomic E-state index is 13.3. The molecule has 2 aliphatic heterocycles. The lowest BCUT2D eigenvalue weighted by Gasteiger charge is -2.40. The molecule has 6 heteroatoms. The number of para-hydroxylation sites is 1. The minimum atomic E-state index is -0.157. The first kappa shape index (κ1) is 21.9. The summed E-state index contributed by atoms with van der Waals surface area (Å²) in [5.41, 5.74) is 5.03. The van der Waals surface area contributed by atoms with Crippen LogP contribution in [0.15, 0.2) is 77.7 Å². The van der Waals surface area contributed by atoms with Gasteiger partial charge in [-0.25, -0.2) is 0 Å². The van der Waals surface area contributed by atoms with E-state index in [0.717, 1.165) is 43.9 Å². The number of benzene rings is 2. The normalized spacial score (nSPS) is 21.0. The van der Waals surface area contributed by atoms with Crippen LogP contribution in [-0.2, 0) is 31.4 Å². The van der Waals surface area contributed by atoms with Crippen LogP contribution in [-0.4, -0.2) is 28.1 Å². The van der Waals surface area contributed by atoms with Crippen molar-refractivity contribution in [3.63, 3.8) is 0 Å². The summed E-state index contributed by atoms with van der Waals surface area (Å²) in [6, 6.07) is 22.1. The molecule has 0 spiro atoms. The number of hydrogen-bond acceptors (Lipinski definition) is 2. The van der Waals surface area contributed by atoms with Crippen LogP contribution < -0.4 is 15.8 Å². The van der Waals surface area contributed by atoms with Crippen molar-refractivity contribution in [2.75, 3.05) is 18.4 Å².